The Morgan fingerprint density at radius 2 is 1.84 bits per heavy atom. The van der Waals surface area contributed by atoms with Crippen molar-refractivity contribution in [3.05, 3.63) is 75.3 Å². The van der Waals surface area contributed by atoms with Crippen LogP contribution in [0, 0.1) is 25.5 Å². The van der Waals surface area contributed by atoms with E-state index in [-0.39, 0.29) is 30.2 Å². The number of aliphatic carboxylic acids is 1. The molecule has 0 unspecified atom stereocenters. The van der Waals surface area contributed by atoms with Crippen molar-refractivity contribution in [3.63, 3.8) is 0 Å². The zero-order valence-corrected chi connectivity index (χ0v) is 25.4. The van der Waals surface area contributed by atoms with Crippen LogP contribution in [0.25, 0.3) is 11.1 Å². The van der Waals surface area contributed by atoms with Gasteiger partial charge in [-0.1, -0.05) is 6.07 Å². The van der Waals surface area contributed by atoms with E-state index in [0.717, 1.165) is 17.5 Å². The molecule has 5 rings (SSSR count). The van der Waals surface area contributed by atoms with Crippen LogP contribution in [0.2, 0.25) is 0 Å². The van der Waals surface area contributed by atoms with Gasteiger partial charge in [0.2, 0.25) is 0 Å². The Kier molecular flexibility index (Phi) is 8.22. The lowest BCUT2D eigenvalue weighted by atomic mass is 9.83. The minimum absolute atomic E-state index is 0.0885. The number of benzene rings is 3. The Morgan fingerprint density at radius 1 is 1.09 bits per heavy atom. The molecule has 0 saturated heterocycles. The van der Waals surface area contributed by atoms with Crippen LogP contribution >= 0.6 is 0 Å². The quantitative estimate of drug-likeness (QED) is 0.314. The summed E-state index contributed by atoms with van der Waals surface area (Å²) < 4.78 is 47.6. The highest BCUT2D eigenvalue weighted by Gasteiger charge is 2.38. The molecule has 1 N–H and O–H groups in total. The summed E-state index contributed by atoms with van der Waals surface area (Å²) in [5.41, 5.74) is 4.14. The third-order valence-corrected chi connectivity index (χ3v) is 7.93. The molecule has 2 aliphatic heterocycles. The van der Waals surface area contributed by atoms with E-state index in [2.05, 4.69) is 0 Å². The van der Waals surface area contributed by atoms with E-state index in [1.807, 2.05) is 6.92 Å². The molecule has 0 saturated carbocycles. The molecule has 3 aromatic rings. The van der Waals surface area contributed by atoms with Gasteiger partial charge in [0.15, 0.2) is 29.2 Å². The second kappa shape index (κ2) is 11.6. The number of aryl methyl sites for hydroxylation is 1. The number of para-hydroxylation sites is 1. The fraction of sp³-hybridized carbons (Fsp3) is 0.412. The number of hydrogen-bond donors (Lipinski definition) is 1. The van der Waals surface area contributed by atoms with E-state index in [9.17, 15) is 19.1 Å². The summed E-state index contributed by atoms with van der Waals surface area (Å²) in [4.78, 5) is 28.2. The summed E-state index contributed by atoms with van der Waals surface area (Å²) in [6.07, 6.45) is 0.380. The number of carbonyl (C=O) groups excluding carboxylic acids is 1. The minimum atomic E-state index is -1.35. The number of hydrogen-bond acceptors (Lipinski definition) is 5. The monoisotopic (exact) mass is 593 g/mol. The van der Waals surface area contributed by atoms with Crippen LogP contribution in [0.3, 0.4) is 0 Å². The average Bonchev–Trinajstić information content (AvgIpc) is 3.37. The molecule has 1 amide bonds. The molecular formula is C34H37F2NO6. The molecule has 0 aliphatic carbocycles. The topological polar surface area (TPSA) is 85.3 Å². The molecule has 0 fully saturated rings. The van der Waals surface area contributed by atoms with E-state index >= 15 is 4.39 Å². The van der Waals surface area contributed by atoms with Gasteiger partial charge >= 0.3 is 5.97 Å². The van der Waals surface area contributed by atoms with Crippen LogP contribution in [0.5, 0.6) is 11.5 Å². The van der Waals surface area contributed by atoms with E-state index in [0.29, 0.717) is 53.0 Å². The summed E-state index contributed by atoms with van der Waals surface area (Å²) in [5.74, 6) is -2.66. The van der Waals surface area contributed by atoms with Crippen molar-refractivity contribution in [2.75, 3.05) is 24.7 Å². The summed E-state index contributed by atoms with van der Waals surface area (Å²) in [7, 11) is 0. The molecule has 2 aliphatic rings. The number of carbonyl (C=O) groups is 2. The zero-order valence-electron chi connectivity index (χ0n) is 25.4. The lowest BCUT2D eigenvalue weighted by Crippen LogP contribution is -2.30. The largest absolute Gasteiger partial charge is 0.490 e. The summed E-state index contributed by atoms with van der Waals surface area (Å²) in [6, 6.07) is 7.40. The highest BCUT2D eigenvalue weighted by Crippen LogP contribution is 2.48. The second-order valence-corrected chi connectivity index (χ2v) is 12.0. The van der Waals surface area contributed by atoms with Crippen LogP contribution in [0.1, 0.15) is 78.4 Å². The van der Waals surface area contributed by atoms with Gasteiger partial charge in [0.05, 0.1) is 24.4 Å². The van der Waals surface area contributed by atoms with Crippen molar-refractivity contribution < 1.29 is 37.7 Å². The Morgan fingerprint density at radius 3 is 2.51 bits per heavy atom. The normalized spacial score (nSPS) is 15.0. The number of amides is 1. The van der Waals surface area contributed by atoms with E-state index in [1.165, 1.54) is 24.3 Å². The molecule has 0 radical (unpaired) electrons. The second-order valence-electron chi connectivity index (χ2n) is 12.0. The van der Waals surface area contributed by atoms with Crippen LogP contribution in [0.4, 0.5) is 14.5 Å². The van der Waals surface area contributed by atoms with Gasteiger partial charge in [0, 0.05) is 23.4 Å². The molecule has 0 aromatic heterocycles. The molecule has 3 aromatic carbocycles. The molecule has 43 heavy (non-hydrogen) atoms. The number of ether oxygens (including phenoxy) is 3. The maximum atomic E-state index is 15.6. The van der Waals surface area contributed by atoms with Gasteiger partial charge in [-0.05, 0) is 113 Å². The molecular weight excluding hydrogens is 556 g/mol. The van der Waals surface area contributed by atoms with Crippen molar-refractivity contribution in [1.82, 2.24) is 0 Å². The van der Waals surface area contributed by atoms with E-state index < -0.39 is 35.2 Å². The van der Waals surface area contributed by atoms with Crippen LogP contribution < -0.4 is 14.4 Å². The van der Waals surface area contributed by atoms with Crippen LogP contribution in [-0.4, -0.2) is 42.3 Å². The lowest BCUT2D eigenvalue weighted by molar-refractivity contribution is -0.160. The van der Waals surface area contributed by atoms with Gasteiger partial charge in [-0.3, -0.25) is 4.79 Å². The number of carboxylic acid groups (broad SMARTS) is 1. The maximum Gasteiger partial charge on any atom is 0.337 e. The van der Waals surface area contributed by atoms with E-state index in [4.69, 9.17) is 14.2 Å². The number of nitrogens with zero attached hydrogens (tertiary/aromatic N) is 1. The predicted octanol–water partition coefficient (Wildman–Crippen LogP) is 7.12. The number of fused-ring (bicyclic) bond motifs is 2. The Bertz CT molecular complexity index is 1610. The number of anilines is 1. The standard InChI is InChI=1S/C34H37F2NO6/c1-7-41-30-22(10-8-12-24(30)35)32(38)37-14-13-21-26(37)16-18(2)27(31(33(39)40)43-34(4,5)6)28(21)23-17-25(36)29-20(19(23)3)11-9-15-42-29/h8,10,12,16-17,31H,7,9,11,13-15H2,1-6H3,(H,39,40)/t31-/m0/s1. The smallest absolute Gasteiger partial charge is 0.337 e. The van der Waals surface area contributed by atoms with Gasteiger partial charge in [-0.2, -0.15) is 0 Å². The summed E-state index contributed by atoms with van der Waals surface area (Å²) >= 11 is 0. The van der Waals surface area contributed by atoms with Gasteiger partial charge in [0.25, 0.3) is 5.91 Å². The van der Waals surface area contributed by atoms with Crippen molar-refractivity contribution in [3.8, 4) is 22.6 Å². The fourth-order valence-corrected chi connectivity index (χ4v) is 6.17. The van der Waals surface area contributed by atoms with Crippen molar-refractivity contribution in [1.29, 1.82) is 0 Å². The highest BCUT2D eigenvalue weighted by atomic mass is 19.1. The van der Waals surface area contributed by atoms with Gasteiger partial charge in [-0.25, -0.2) is 13.6 Å². The van der Waals surface area contributed by atoms with Gasteiger partial charge in [0.1, 0.15) is 0 Å². The number of halogens is 2. The molecule has 0 spiro atoms. The third kappa shape index (κ3) is 5.58. The SMILES string of the molecule is CCOc1c(F)cccc1C(=O)N1CCc2c1cc(C)c([C@H](OC(C)(C)C)C(=O)O)c2-c1cc(F)c2c(c1C)CCCO2. The first-order valence-electron chi connectivity index (χ1n) is 14.6. The minimum Gasteiger partial charge on any atom is -0.490 e. The molecule has 228 valence electrons. The van der Waals surface area contributed by atoms with Crippen LogP contribution in [0.15, 0.2) is 30.3 Å². The molecule has 1 atom stereocenters. The Labute approximate surface area is 250 Å². The first-order valence-corrected chi connectivity index (χ1v) is 14.6. The first-order chi connectivity index (χ1) is 20.3. The Hall–Kier alpha value is -3.98. The number of rotatable bonds is 7. The van der Waals surface area contributed by atoms with Crippen LogP contribution in [-0.2, 0) is 22.4 Å². The third-order valence-electron chi connectivity index (χ3n) is 7.93. The fourth-order valence-electron chi connectivity index (χ4n) is 6.17. The van der Waals surface area contributed by atoms with Gasteiger partial charge in [-0.15, -0.1) is 0 Å². The Balaban J connectivity index is 1.77. The first kappa shape index (κ1) is 30.5. The summed E-state index contributed by atoms with van der Waals surface area (Å²) in [6.45, 7) is 11.6. The van der Waals surface area contributed by atoms with Gasteiger partial charge < -0.3 is 24.2 Å². The lowest BCUT2D eigenvalue weighted by Gasteiger charge is -2.30. The molecule has 0 bridgehead atoms. The van der Waals surface area contributed by atoms with Crippen molar-refractivity contribution in [2.24, 2.45) is 0 Å². The highest BCUT2D eigenvalue weighted by molar-refractivity contribution is 6.10. The summed E-state index contributed by atoms with van der Waals surface area (Å²) in [5, 5.41) is 10.4. The van der Waals surface area contributed by atoms with Crippen molar-refractivity contribution >= 4 is 17.6 Å². The molecule has 2 heterocycles. The zero-order chi connectivity index (χ0) is 31.2. The van der Waals surface area contributed by atoms with E-state index in [1.54, 1.807) is 45.6 Å². The maximum absolute atomic E-state index is 15.6. The van der Waals surface area contributed by atoms with Crippen molar-refractivity contribution in [2.45, 2.75) is 72.5 Å². The molecule has 9 heteroatoms. The number of carboxylic acids is 1. The average molecular weight is 594 g/mol. The molecule has 7 nitrogen and oxygen atoms in total. The predicted molar refractivity (Wildman–Crippen MR) is 159 cm³/mol.